The number of carbonyl (C=O) groups is 1. The Morgan fingerprint density at radius 3 is 2.50 bits per heavy atom. The van der Waals surface area contributed by atoms with Gasteiger partial charge in [-0.05, 0) is 24.2 Å². The first kappa shape index (κ1) is 16.3. The maximum atomic E-state index is 12.5. The molecule has 0 bridgehead atoms. The summed E-state index contributed by atoms with van der Waals surface area (Å²) in [4.78, 5) is 29.2. The molecule has 0 aromatic carbocycles. The van der Waals surface area contributed by atoms with Gasteiger partial charge >= 0.3 is 0 Å². The molecule has 1 saturated heterocycles. The molecule has 3 rings (SSSR count). The Labute approximate surface area is 141 Å². The summed E-state index contributed by atoms with van der Waals surface area (Å²) in [5.41, 5.74) is 1.51. The summed E-state index contributed by atoms with van der Waals surface area (Å²) in [5, 5.41) is 3.19. The van der Waals surface area contributed by atoms with Crippen molar-refractivity contribution in [3.05, 3.63) is 48.2 Å². The van der Waals surface area contributed by atoms with E-state index in [2.05, 4.69) is 32.1 Å². The molecule has 24 heavy (non-hydrogen) atoms. The molecule has 0 atom stereocenters. The first-order valence-electron chi connectivity index (χ1n) is 8.22. The first-order valence-corrected chi connectivity index (χ1v) is 8.22. The summed E-state index contributed by atoms with van der Waals surface area (Å²) in [7, 11) is 0. The Morgan fingerprint density at radius 2 is 1.88 bits per heavy atom. The molecule has 1 amide bonds. The Kier molecular flexibility index (Phi) is 5.32. The molecule has 126 valence electrons. The highest BCUT2D eigenvalue weighted by atomic mass is 16.2. The Balaban J connectivity index is 1.55. The number of carbonyl (C=O) groups excluding carboxylic acids is 1. The summed E-state index contributed by atoms with van der Waals surface area (Å²) in [6.45, 7) is 7.14. The largest absolute Gasteiger partial charge is 0.365 e. The van der Waals surface area contributed by atoms with Gasteiger partial charge in [0.2, 0.25) is 0 Å². The lowest BCUT2D eigenvalue weighted by molar-refractivity contribution is 0.0637. The third-order valence-corrected chi connectivity index (χ3v) is 4.20. The van der Waals surface area contributed by atoms with Crippen molar-refractivity contribution in [3.8, 4) is 0 Å². The molecular weight excluding hydrogens is 304 g/mol. The second-order valence-corrected chi connectivity index (χ2v) is 5.72. The van der Waals surface area contributed by atoms with E-state index in [1.165, 1.54) is 0 Å². The van der Waals surface area contributed by atoms with Crippen molar-refractivity contribution >= 4 is 11.7 Å². The molecule has 0 spiro atoms. The standard InChI is InChI=1S/C17H22N6O/c1-2-22-7-9-23(10-8-22)17(24)15-12-21-16(13-19-15)20-11-14-3-5-18-6-4-14/h3-6,12-13H,2,7-11H2,1H3,(H,20,21). The highest BCUT2D eigenvalue weighted by Gasteiger charge is 2.22. The van der Waals surface area contributed by atoms with Crippen LogP contribution in [0.25, 0.3) is 0 Å². The summed E-state index contributed by atoms with van der Waals surface area (Å²) in [6, 6.07) is 3.88. The van der Waals surface area contributed by atoms with Crippen LogP contribution in [-0.4, -0.2) is 63.4 Å². The van der Waals surface area contributed by atoms with E-state index in [4.69, 9.17) is 0 Å². The van der Waals surface area contributed by atoms with Crippen molar-refractivity contribution in [2.75, 3.05) is 38.0 Å². The molecule has 0 aliphatic carbocycles. The molecule has 1 N–H and O–H groups in total. The van der Waals surface area contributed by atoms with Gasteiger partial charge in [0.15, 0.2) is 0 Å². The number of hydrogen-bond donors (Lipinski definition) is 1. The fraction of sp³-hybridized carbons (Fsp3) is 0.412. The Bertz CT molecular complexity index is 653. The molecule has 7 nitrogen and oxygen atoms in total. The lowest BCUT2D eigenvalue weighted by atomic mass is 10.2. The number of pyridine rings is 1. The van der Waals surface area contributed by atoms with Gasteiger partial charge in [-0.25, -0.2) is 9.97 Å². The number of amides is 1. The summed E-state index contributed by atoms with van der Waals surface area (Å²) in [5.74, 6) is 0.609. The normalized spacial score (nSPS) is 15.3. The fourth-order valence-electron chi connectivity index (χ4n) is 2.65. The van der Waals surface area contributed by atoms with Gasteiger partial charge in [-0.15, -0.1) is 0 Å². The number of nitrogens with one attached hydrogen (secondary N) is 1. The summed E-state index contributed by atoms with van der Waals surface area (Å²) >= 11 is 0. The molecule has 0 radical (unpaired) electrons. The second kappa shape index (κ2) is 7.83. The van der Waals surface area contributed by atoms with E-state index in [0.717, 1.165) is 38.3 Å². The minimum Gasteiger partial charge on any atom is -0.365 e. The van der Waals surface area contributed by atoms with Crippen molar-refractivity contribution < 1.29 is 4.79 Å². The smallest absolute Gasteiger partial charge is 0.274 e. The zero-order valence-corrected chi connectivity index (χ0v) is 13.9. The van der Waals surface area contributed by atoms with E-state index >= 15 is 0 Å². The van der Waals surface area contributed by atoms with Crippen LogP contribution < -0.4 is 5.32 Å². The Hall–Kier alpha value is -2.54. The van der Waals surface area contributed by atoms with Crippen molar-refractivity contribution in [1.29, 1.82) is 0 Å². The van der Waals surface area contributed by atoms with E-state index in [-0.39, 0.29) is 5.91 Å². The van der Waals surface area contributed by atoms with Crippen LogP contribution >= 0.6 is 0 Å². The van der Waals surface area contributed by atoms with Crippen molar-refractivity contribution in [3.63, 3.8) is 0 Å². The molecule has 1 fully saturated rings. The highest BCUT2D eigenvalue weighted by molar-refractivity contribution is 5.92. The first-order chi connectivity index (χ1) is 11.8. The van der Waals surface area contributed by atoms with Crippen molar-refractivity contribution in [2.45, 2.75) is 13.5 Å². The maximum absolute atomic E-state index is 12.5. The molecule has 2 aromatic rings. The number of anilines is 1. The van der Waals surface area contributed by atoms with E-state index < -0.39 is 0 Å². The minimum absolute atomic E-state index is 0.0427. The van der Waals surface area contributed by atoms with E-state index in [9.17, 15) is 4.79 Å². The number of nitrogens with zero attached hydrogens (tertiary/aromatic N) is 5. The van der Waals surface area contributed by atoms with Gasteiger partial charge < -0.3 is 15.1 Å². The van der Waals surface area contributed by atoms with E-state index in [0.29, 0.717) is 18.1 Å². The number of piperazine rings is 1. The van der Waals surface area contributed by atoms with Crippen LogP contribution in [0.5, 0.6) is 0 Å². The van der Waals surface area contributed by atoms with Crippen LogP contribution in [0, 0.1) is 0 Å². The molecule has 3 heterocycles. The van der Waals surface area contributed by atoms with Crippen molar-refractivity contribution in [1.82, 2.24) is 24.8 Å². The summed E-state index contributed by atoms with van der Waals surface area (Å²) < 4.78 is 0. The maximum Gasteiger partial charge on any atom is 0.274 e. The number of likely N-dealkylation sites (N-methyl/N-ethyl adjacent to an activating group) is 1. The number of aromatic nitrogens is 3. The average Bonchev–Trinajstić information content (AvgIpc) is 2.67. The molecule has 0 saturated carbocycles. The quantitative estimate of drug-likeness (QED) is 0.892. The SMILES string of the molecule is CCN1CCN(C(=O)c2cnc(NCc3ccncc3)cn2)CC1. The predicted octanol–water partition coefficient (Wildman–Crippen LogP) is 1.26. The summed E-state index contributed by atoms with van der Waals surface area (Å²) in [6.07, 6.45) is 6.66. The van der Waals surface area contributed by atoms with Crippen LogP contribution in [0.2, 0.25) is 0 Å². The van der Waals surface area contributed by atoms with Crippen molar-refractivity contribution in [2.24, 2.45) is 0 Å². The van der Waals surface area contributed by atoms with Gasteiger partial charge in [-0.1, -0.05) is 6.92 Å². The number of rotatable bonds is 5. The minimum atomic E-state index is -0.0427. The number of hydrogen-bond acceptors (Lipinski definition) is 6. The molecule has 2 aromatic heterocycles. The second-order valence-electron chi connectivity index (χ2n) is 5.72. The van der Waals surface area contributed by atoms with Gasteiger partial charge in [0.25, 0.3) is 5.91 Å². The van der Waals surface area contributed by atoms with Crippen LogP contribution in [0.15, 0.2) is 36.9 Å². The van der Waals surface area contributed by atoms with Crippen LogP contribution in [-0.2, 0) is 6.54 Å². The van der Waals surface area contributed by atoms with Gasteiger partial charge in [-0.3, -0.25) is 9.78 Å². The van der Waals surface area contributed by atoms with Gasteiger partial charge in [0.1, 0.15) is 11.5 Å². The molecular formula is C17H22N6O. The monoisotopic (exact) mass is 326 g/mol. The fourth-order valence-corrected chi connectivity index (χ4v) is 2.65. The average molecular weight is 326 g/mol. The Morgan fingerprint density at radius 1 is 1.12 bits per heavy atom. The third kappa shape index (κ3) is 4.05. The van der Waals surface area contributed by atoms with Crippen LogP contribution in [0.1, 0.15) is 23.0 Å². The molecule has 0 unspecified atom stereocenters. The van der Waals surface area contributed by atoms with E-state index in [1.54, 1.807) is 24.8 Å². The lowest BCUT2D eigenvalue weighted by Crippen LogP contribution is -2.48. The molecule has 1 aliphatic rings. The van der Waals surface area contributed by atoms with Gasteiger partial charge in [0.05, 0.1) is 12.4 Å². The van der Waals surface area contributed by atoms with Gasteiger partial charge in [0, 0.05) is 45.1 Å². The topological polar surface area (TPSA) is 74.2 Å². The third-order valence-electron chi connectivity index (χ3n) is 4.20. The van der Waals surface area contributed by atoms with E-state index in [1.807, 2.05) is 17.0 Å². The van der Waals surface area contributed by atoms with Crippen LogP contribution in [0.4, 0.5) is 5.82 Å². The molecule has 1 aliphatic heterocycles. The zero-order valence-electron chi connectivity index (χ0n) is 13.9. The lowest BCUT2D eigenvalue weighted by Gasteiger charge is -2.33. The van der Waals surface area contributed by atoms with Crippen LogP contribution in [0.3, 0.4) is 0 Å². The highest BCUT2D eigenvalue weighted by Crippen LogP contribution is 2.09. The van der Waals surface area contributed by atoms with Gasteiger partial charge in [-0.2, -0.15) is 0 Å². The zero-order chi connectivity index (χ0) is 16.8. The predicted molar refractivity (Wildman–Crippen MR) is 91.6 cm³/mol. The molecule has 7 heteroatoms.